The van der Waals surface area contributed by atoms with Crippen LogP contribution < -0.4 is 9.47 Å². The molecule has 3 nitrogen and oxygen atoms in total. The van der Waals surface area contributed by atoms with Gasteiger partial charge in [-0.05, 0) is 49.2 Å². The summed E-state index contributed by atoms with van der Waals surface area (Å²) in [6, 6.07) is 11.8. The molecule has 0 aromatic heterocycles. The van der Waals surface area contributed by atoms with Crippen LogP contribution in [-0.4, -0.2) is 14.2 Å². The van der Waals surface area contributed by atoms with Gasteiger partial charge in [0, 0.05) is 17.2 Å². The minimum atomic E-state index is 0.650. The lowest BCUT2D eigenvalue weighted by molar-refractivity contribution is 0.395. The first kappa shape index (κ1) is 14.0. The van der Waals surface area contributed by atoms with Crippen molar-refractivity contribution in [3.63, 3.8) is 0 Å². The largest absolute Gasteiger partial charge is 0.497 e. The lowest BCUT2D eigenvalue weighted by atomic mass is 9.94. The van der Waals surface area contributed by atoms with Gasteiger partial charge in [0.2, 0.25) is 0 Å². The molecule has 0 aliphatic heterocycles. The molecule has 0 aliphatic rings. The Bertz CT molecular complexity index is 684. The Kier molecular flexibility index (Phi) is 3.95. The number of rotatable bonds is 3. The molecule has 0 radical (unpaired) electrons. The minimum Gasteiger partial charge on any atom is -0.497 e. The third-order valence-corrected chi connectivity index (χ3v) is 3.45. The summed E-state index contributed by atoms with van der Waals surface area (Å²) in [5.74, 6) is 1.43. The lowest BCUT2D eigenvalue weighted by Crippen LogP contribution is -1.94. The Hall–Kier alpha value is -2.47. The van der Waals surface area contributed by atoms with Crippen LogP contribution in [0.15, 0.2) is 30.3 Å². The molecule has 0 saturated carbocycles. The van der Waals surface area contributed by atoms with Crippen molar-refractivity contribution >= 4 is 0 Å². The molecule has 0 spiro atoms. The zero-order valence-corrected chi connectivity index (χ0v) is 12.2. The van der Waals surface area contributed by atoms with Crippen molar-refractivity contribution in [2.75, 3.05) is 14.2 Å². The van der Waals surface area contributed by atoms with Crippen molar-refractivity contribution in [3.05, 3.63) is 47.0 Å². The molecule has 20 heavy (non-hydrogen) atoms. The molecule has 3 heteroatoms. The predicted molar refractivity (Wildman–Crippen MR) is 79.2 cm³/mol. The van der Waals surface area contributed by atoms with E-state index in [2.05, 4.69) is 6.07 Å². The molecule has 102 valence electrons. The normalized spacial score (nSPS) is 9.95. The molecule has 0 saturated heterocycles. The SMILES string of the molecule is COc1ccc(-c2cc(C)c(C)cc2C#N)c(OC)c1. The van der Waals surface area contributed by atoms with Crippen molar-refractivity contribution in [2.45, 2.75) is 13.8 Å². The Morgan fingerprint density at radius 3 is 2.20 bits per heavy atom. The van der Waals surface area contributed by atoms with E-state index in [1.807, 2.05) is 44.2 Å². The molecule has 0 amide bonds. The van der Waals surface area contributed by atoms with Crippen LogP contribution in [0.1, 0.15) is 16.7 Å². The van der Waals surface area contributed by atoms with Gasteiger partial charge >= 0.3 is 0 Å². The van der Waals surface area contributed by atoms with E-state index in [0.29, 0.717) is 11.3 Å². The number of hydrogen-bond donors (Lipinski definition) is 0. The molecule has 0 aliphatic carbocycles. The van der Waals surface area contributed by atoms with Gasteiger partial charge in [-0.15, -0.1) is 0 Å². The fourth-order valence-electron chi connectivity index (χ4n) is 2.15. The van der Waals surface area contributed by atoms with Crippen LogP contribution in [0.2, 0.25) is 0 Å². The fourth-order valence-corrected chi connectivity index (χ4v) is 2.15. The maximum atomic E-state index is 9.34. The van der Waals surface area contributed by atoms with E-state index in [-0.39, 0.29) is 0 Å². The second-order valence-corrected chi connectivity index (χ2v) is 4.66. The van der Waals surface area contributed by atoms with Crippen LogP contribution >= 0.6 is 0 Å². The highest BCUT2D eigenvalue weighted by molar-refractivity contribution is 5.77. The van der Waals surface area contributed by atoms with Crippen LogP contribution in [-0.2, 0) is 0 Å². The van der Waals surface area contributed by atoms with E-state index >= 15 is 0 Å². The number of methoxy groups -OCH3 is 2. The summed E-state index contributed by atoms with van der Waals surface area (Å²) in [5.41, 5.74) is 4.69. The molecule has 2 rings (SSSR count). The summed E-state index contributed by atoms with van der Waals surface area (Å²) in [6.07, 6.45) is 0. The maximum Gasteiger partial charge on any atom is 0.130 e. The number of hydrogen-bond acceptors (Lipinski definition) is 3. The van der Waals surface area contributed by atoms with Gasteiger partial charge in [0.25, 0.3) is 0 Å². The van der Waals surface area contributed by atoms with E-state index in [1.54, 1.807) is 14.2 Å². The molecule has 0 fully saturated rings. The quantitative estimate of drug-likeness (QED) is 0.848. The number of nitriles is 1. The van der Waals surface area contributed by atoms with E-state index in [1.165, 1.54) is 0 Å². The fraction of sp³-hybridized carbons (Fsp3) is 0.235. The number of aryl methyl sites for hydroxylation is 2. The van der Waals surface area contributed by atoms with Gasteiger partial charge in [-0.2, -0.15) is 5.26 Å². The Morgan fingerprint density at radius 1 is 0.900 bits per heavy atom. The Balaban J connectivity index is 2.68. The zero-order chi connectivity index (χ0) is 14.7. The van der Waals surface area contributed by atoms with Crippen molar-refractivity contribution in [1.29, 1.82) is 5.26 Å². The first-order chi connectivity index (χ1) is 9.60. The van der Waals surface area contributed by atoms with Crippen molar-refractivity contribution in [2.24, 2.45) is 0 Å². The van der Waals surface area contributed by atoms with E-state index in [4.69, 9.17) is 9.47 Å². The second-order valence-electron chi connectivity index (χ2n) is 4.66. The van der Waals surface area contributed by atoms with Gasteiger partial charge in [-0.3, -0.25) is 0 Å². The summed E-state index contributed by atoms with van der Waals surface area (Å²) >= 11 is 0. The van der Waals surface area contributed by atoms with Crippen molar-refractivity contribution in [3.8, 4) is 28.7 Å². The van der Waals surface area contributed by atoms with E-state index < -0.39 is 0 Å². The highest BCUT2D eigenvalue weighted by Gasteiger charge is 2.13. The molecule has 0 bridgehead atoms. The number of ether oxygens (including phenoxy) is 2. The van der Waals surface area contributed by atoms with Gasteiger partial charge in [0.05, 0.1) is 25.9 Å². The smallest absolute Gasteiger partial charge is 0.130 e. The first-order valence-corrected chi connectivity index (χ1v) is 6.34. The van der Waals surface area contributed by atoms with Crippen molar-refractivity contribution in [1.82, 2.24) is 0 Å². The van der Waals surface area contributed by atoms with Crippen LogP contribution in [0.25, 0.3) is 11.1 Å². The monoisotopic (exact) mass is 267 g/mol. The van der Waals surface area contributed by atoms with Crippen LogP contribution in [0.4, 0.5) is 0 Å². The standard InChI is InChI=1S/C17H17NO2/c1-11-7-13(10-18)16(8-12(11)2)15-6-5-14(19-3)9-17(15)20-4/h5-9H,1-4H3. The van der Waals surface area contributed by atoms with Gasteiger partial charge in [0.15, 0.2) is 0 Å². The van der Waals surface area contributed by atoms with Gasteiger partial charge in [0.1, 0.15) is 11.5 Å². The lowest BCUT2D eigenvalue weighted by Gasteiger charge is -2.13. The highest BCUT2D eigenvalue weighted by Crippen LogP contribution is 2.36. The Labute approximate surface area is 119 Å². The third kappa shape index (κ3) is 2.46. The average molecular weight is 267 g/mol. The zero-order valence-electron chi connectivity index (χ0n) is 12.2. The molecule has 0 unspecified atom stereocenters. The molecule has 0 N–H and O–H groups in total. The van der Waals surface area contributed by atoms with Gasteiger partial charge in [-0.25, -0.2) is 0 Å². The summed E-state index contributed by atoms with van der Waals surface area (Å²) in [6.45, 7) is 4.04. The Morgan fingerprint density at radius 2 is 1.60 bits per heavy atom. The maximum absolute atomic E-state index is 9.34. The second kappa shape index (κ2) is 5.66. The summed E-state index contributed by atoms with van der Waals surface area (Å²) in [4.78, 5) is 0. The topological polar surface area (TPSA) is 42.2 Å². The molecule has 2 aromatic rings. The van der Waals surface area contributed by atoms with Crippen LogP contribution in [0, 0.1) is 25.2 Å². The summed E-state index contributed by atoms with van der Waals surface area (Å²) in [7, 11) is 3.23. The van der Waals surface area contributed by atoms with E-state index in [0.717, 1.165) is 28.0 Å². The van der Waals surface area contributed by atoms with Crippen LogP contribution in [0.3, 0.4) is 0 Å². The first-order valence-electron chi connectivity index (χ1n) is 6.34. The molecular weight excluding hydrogens is 250 g/mol. The molecular formula is C17H17NO2. The predicted octanol–water partition coefficient (Wildman–Crippen LogP) is 3.86. The molecule has 2 aromatic carbocycles. The number of benzene rings is 2. The average Bonchev–Trinajstić information content (AvgIpc) is 2.48. The third-order valence-electron chi connectivity index (χ3n) is 3.45. The summed E-state index contributed by atoms with van der Waals surface area (Å²) < 4.78 is 10.6. The minimum absolute atomic E-state index is 0.650. The molecule has 0 atom stereocenters. The van der Waals surface area contributed by atoms with Gasteiger partial charge in [-0.1, -0.05) is 0 Å². The van der Waals surface area contributed by atoms with E-state index in [9.17, 15) is 5.26 Å². The number of nitrogens with zero attached hydrogens (tertiary/aromatic N) is 1. The van der Waals surface area contributed by atoms with Crippen molar-refractivity contribution < 1.29 is 9.47 Å². The van der Waals surface area contributed by atoms with Gasteiger partial charge < -0.3 is 9.47 Å². The summed E-state index contributed by atoms with van der Waals surface area (Å²) in [5, 5.41) is 9.34. The van der Waals surface area contributed by atoms with Crippen LogP contribution in [0.5, 0.6) is 11.5 Å². The molecule has 0 heterocycles. The highest BCUT2D eigenvalue weighted by atomic mass is 16.5.